The number of piperidine rings is 1. The van der Waals surface area contributed by atoms with Crippen LogP contribution < -0.4 is 10.6 Å². The second-order valence-corrected chi connectivity index (χ2v) is 8.39. The van der Waals surface area contributed by atoms with Crippen LogP contribution in [0.1, 0.15) is 34.3 Å². The number of amides is 4. The minimum Gasteiger partial charge on any atom is -0.444 e. The first kappa shape index (κ1) is 22.3. The van der Waals surface area contributed by atoms with Crippen LogP contribution in [0.5, 0.6) is 0 Å². The van der Waals surface area contributed by atoms with Crippen molar-refractivity contribution in [2.45, 2.75) is 32.0 Å². The van der Waals surface area contributed by atoms with E-state index in [2.05, 4.69) is 15.6 Å². The normalized spacial score (nSPS) is 17.1. The van der Waals surface area contributed by atoms with Crippen molar-refractivity contribution in [3.63, 3.8) is 0 Å². The zero-order valence-corrected chi connectivity index (χ0v) is 18.7. The average molecular weight is 470 g/mol. The van der Waals surface area contributed by atoms with Gasteiger partial charge in [0.25, 0.3) is 5.91 Å². The quantitative estimate of drug-likeness (QED) is 0.553. The molecule has 2 aromatic carbocycles. The number of nitrogens with one attached hydrogen (secondary N) is 2. The second kappa shape index (κ2) is 9.38. The molecule has 9 heteroatoms. The van der Waals surface area contributed by atoms with Crippen LogP contribution in [-0.4, -0.2) is 39.7 Å². The van der Waals surface area contributed by atoms with E-state index in [9.17, 15) is 19.2 Å². The van der Waals surface area contributed by atoms with E-state index in [-0.39, 0.29) is 24.8 Å². The number of anilines is 1. The molecule has 1 fully saturated rings. The molecule has 176 valence electrons. The summed E-state index contributed by atoms with van der Waals surface area (Å²) in [5, 5.41) is 4.98. The molecule has 1 aromatic heterocycles. The largest absolute Gasteiger partial charge is 0.444 e. The Morgan fingerprint density at radius 3 is 2.71 bits per heavy atom. The number of fused-ring (bicyclic) bond motifs is 1. The average Bonchev–Trinajstić information content (AvgIpc) is 3.19. The Bertz CT molecular complexity index is 1320. The minimum absolute atomic E-state index is 0.0264. The molecule has 2 aliphatic heterocycles. The van der Waals surface area contributed by atoms with Gasteiger partial charge < -0.3 is 9.64 Å². The van der Waals surface area contributed by atoms with Gasteiger partial charge in [0.15, 0.2) is 0 Å². The first-order chi connectivity index (χ1) is 17.0. The van der Waals surface area contributed by atoms with E-state index >= 15 is 0 Å². The Balaban J connectivity index is 1.20. The van der Waals surface area contributed by atoms with Gasteiger partial charge in [-0.2, -0.15) is 0 Å². The topological polar surface area (TPSA) is 118 Å². The fraction of sp³-hybridized carbons (Fsp3) is 0.192. The summed E-state index contributed by atoms with van der Waals surface area (Å²) in [7, 11) is 0. The lowest BCUT2D eigenvalue weighted by Crippen LogP contribution is -2.52. The van der Waals surface area contributed by atoms with Crippen LogP contribution in [0.15, 0.2) is 66.9 Å². The summed E-state index contributed by atoms with van der Waals surface area (Å²) in [6.45, 7) is 0.273. The third-order valence-corrected chi connectivity index (χ3v) is 6.04. The first-order valence-electron chi connectivity index (χ1n) is 11.2. The molecule has 4 amide bonds. The van der Waals surface area contributed by atoms with Gasteiger partial charge in [0.05, 0.1) is 5.69 Å². The van der Waals surface area contributed by atoms with Gasteiger partial charge >= 0.3 is 6.09 Å². The highest BCUT2D eigenvalue weighted by atomic mass is 16.5. The van der Waals surface area contributed by atoms with Crippen molar-refractivity contribution in [2.24, 2.45) is 0 Å². The van der Waals surface area contributed by atoms with E-state index in [1.54, 1.807) is 36.5 Å². The van der Waals surface area contributed by atoms with Gasteiger partial charge in [0, 0.05) is 36.0 Å². The molecule has 0 saturated carbocycles. The van der Waals surface area contributed by atoms with Crippen molar-refractivity contribution in [2.75, 3.05) is 5.32 Å². The smallest absolute Gasteiger partial charge is 0.411 e. The number of carbonyl (C=O) groups is 4. The molecule has 5 rings (SSSR count). The Kier molecular flexibility index (Phi) is 5.97. The summed E-state index contributed by atoms with van der Waals surface area (Å²) in [6, 6.07) is 17.6. The lowest BCUT2D eigenvalue weighted by molar-refractivity contribution is -0.136. The highest BCUT2D eigenvalue weighted by molar-refractivity contribution is 6.05. The monoisotopic (exact) mass is 470 g/mol. The maximum absolute atomic E-state index is 12.9. The van der Waals surface area contributed by atoms with Gasteiger partial charge in [0.2, 0.25) is 11.8 Å². The predicted octanol–water partition coefficient (Wildman–Crippen LogP) is 3.26. The zero-order chi connectivity index (χ0) is 24.4. The molecule has 3 heterocycles. The van der Waals surface area contributed by atoms with Gasteiger partial charge in [-0.25, -0.2) is 4.79 Å². The van der Waals surface area contributed by atoms with Crippen molar-refractivity contribution < 1.29 is 23.9 Å². The summed E-state index contributed by atoms with van der Waals surface area (Å²) in [4.78, 5) is 54.7. The number of benzene rings is 2. The van der Waals surface area contributed by atoms with Crippen molar-refractivity contribution in [3.05, 3.63) is 83.6 Å². The summed E-state index contributed by atoms with van der Waals surface area (Å²) in [5.41, 5.74) is 4.11. The lowest BCUT2D eigenvalue weighted by Gasteiger charge is -2.29. The van der Waals surface area contributed by atoms with Crippen molar-refractivity contribution in [1.29, 1.82) is 0 Å². The van der Waals surface area contributed by atoms with E-state index < -0.39 is 18.0 Å². The summed E-state index contributed by atoms with van der Waals surface area (Å²) in [6.07, 6.45) is 1.49. The van der Waals surface area contributed by atoms with Gasteiger partial charge in [-0.3, -0.25) is 30.0 Å². The maximum atomic E-state index is 12.9. The van der Waals surface area contributed by atoms with Crippen LogP contribution in [0.4, 0.5) is 10.5 Å². The number of imide groups is 1. The Morgan fingerprint density at radius 1 is 1.09 bits per heavy atom. The van der Waals surface area contributed by atoms with Crippen molar-refractivity contribution in [1.82, 2.24) is 15.2 Å². The van der Waals surface area contributed by atoms with Crippen LogP contribution in [-0.2, 0) is 27.5 Å². The van der Waals surface area contributed by atoms with Gasteiger partial charge in [-0.1, -0.05) is 42.5 Å². The molecular formula is C26H22N4O5. The Morgan fingerprint density at radius 2 is 1.91 bits per heavy atom. The minimum atomic E-state index is -0.667. The molecule has 0 bridgehead atoms. The standard InChI is InChI=1S/C26H22N4O5/c31-23-9-8-22(24(32)29-23)30-14-18-7-6-16(12-20(18)25(30)33)15-35-26(34)28-19-10-11-27-21(13-19)17-4-2-1-3-5-17/h1-7,10-13,22H,8-9,14-15H2,(H,27,28,34)(H,29,31,32). The Hall–Kier alpha value is -4.53. The highest BCUT2D eigenvalue weighted by Crippen LogP contribution is 2.28. The number of aromatic nitrogens is 1. The lowest BCUT2D eigenvalue weighted by atomic mass is 10.0. The van der Waals surface area contributed by atoms with Crippen LogP contribution in [0, 0.1) is 0 Å². The molecule has 9 nitrogen and oxygen atoms in total. The number of hydrogen-bond acceptors (Lipinski definition) is 6. The van der Waals surface area contributed by atoms with Gasteiger partial charge in [0.1, 0.15) is 12.6 Å². The Labute approximate surface area is 201 Å². The van der Waals surface area contributed by atoms with Crippen LogP contribution in [0.2, 0.25) is 0 Å². The second-order valence-electron chi connectivity index (χ2n) is 8.39. The van der Waals surface area contributed by atoms with E-state index in [0.29, 0.717) is 29.8 Å². The number of pyridine rings is 1. The number of nitrogens with zero attached hydrogens (tertiary/aromatic N) is 2. The third kappa shape index (κ3) is 4.74. The van der Waals surface area contributed by atoms with Gasteiger partial charge in [-0.15, -0.1) is 0 Å². The van der Waals surface area contributed by atoms with Crippen LogP contribution in [0.3, 0.4) is 0 Å². The number of rotatable bonds is 5. The molecule has 2 aliphatic rings. The molecule has 1 saturated heterocycles. The zero-order valence-electron chi connectivity index (χ0n) is 18.7. The SMILES string of the molecule is O=C1CCC(N2Cc3ccc(COC(=O)Nc4ccnc(-c5ccccc5)c4)cc3C2=O)C(=O)N1. The molecular weight excluding hydrogens is 448 g/mol. The van der Waals surface area contributed by atoms with E-state index in [1.807, 2.05) is 30.3 Å². The predicted molar refractivity (Wildman–Crippen MR) is 126 cm³/mol. The fourth-order valence-electron chi connectivity index (χ4n) is 4.27. The molecule has 0 radical (unpaired) electrons. The highest BCUT2D eigenvalue weighted by Gasteiger charge is 2.39. The molecule has 1 unspecified atom stereocenters. The van der Waals surface area contributed by atoms with Gasteiger partial charge in [-0.05, 0) is 35.7 Å². The van der Waals surface area contributed by atoms with Crippen LogP contribution in [0.25, 0.3) is 11.3 Å². The summed E-state index contributed by atoms with van der Waals surface area (Å²) < 4.78 is 5.35. The summed E-state index contributed by atoms with van der Waals surface area (Å²) >= 11 is 0. The summed E-state index contributed by atoms with van der Waals surface area (Å²) in [5.74, 6) is -1.05. The molecule has 3 aromatic rings. The van der Waals surface area contributed by atoms with E-state index in [0.717, 1.165) is 16.8 Å². The molecule has 35 heavy (non-hydrogen) atoms. The third-order valence-electron chi connectivity index (χ3n) is 6.04. The number of carbonyl (C=O) groups excluding carboxylic acids is 4. The molecule has 1 atom stereocenters. The molecule has 0 spiro atoms. The van der Waals surface area contributed by atoms with E-state index in [4.69, 9.17) is 4.74 Å². The molecule has 2 N–H and O–H groups in total. The molecule has 0 aliphatic carbocycles. The van der Waals surface area contributed by atoms with E-state index in [1.165, 1.54) is 4.90 Å². The van der Waals surface area contributed by atoms with Crippen molar-refractivity contribution >= 4 is 29.5 Å². The number of hydrogen-bond donors (Lipinski definition) is 2. The number of ether oxygens (including phenoxy) is 1. The van der Waals surface area contributed by atoms with Crippen LogP contribution >= 0.6 is 0 Å². The fourth-order valence-corrected chi connectivity index (χ4v) is 4.27. The van der Waals surface area contributed by atoms with Crippen molar-refractivity contribution in [3.8, 4) is 11.3 Å². The first-order valence-corrected chi connectivity index (χ1v) is 11.2. The maximum Gasteiger partial charge on any atom is 0.411 e.